The highest BCUT2D eigenvalue weighted by Gasteiger charge is 2.16. The van der Waals surface area contributed by atoms with Crippen molar-refractivity contribution >= 4 is 5.97 Å². The molecule has 0 saturated heterocycles. The van der Waals surface area contributed by atoms with E-state index in [0.29, 0.717) is 5.56 Å². The minimum atomic E-state index is -0.269. The smallest absolute Gasteiger partial charge is 0.338 e. The first-order chi connectivity index (χ1) is 8.33. The maximum Gasteiger partial charge on any atom is 0.338 e. The fourth-order valence-electron chi connectivity index (χ4n) is 2.12. The molecule has 0 aliphatic rings. The summed E-state index contributed by atoms with van der Waals surface area (Å²) in [5, 5.41) is 0. The van der Waals surface area contributed by atoms with E-state index in [-0.39, 0.29) is 11.4 Å². The average molecular weight is 249 g/mol. The molecule has 0 radical (unpaired) electrons. The summed E-state index contributed by atoms with van der Waals surface area (Å²) >= 11 is 0. The Hall–Kier alpha value is -1.35. The number of benzene rings is 1. The molecule has 0 spiro atoms. The van der Waals surface area contributed by atoms with Crippen LogP contribution in [-0.4, -0.2) is 31.6 Å². The molecular weight excluding hydrogens is 226 g/mol. The molecule has 0 amide bonds. The zero-order chi connectivity index (χ0) is 13.8. The van der Waals surface area contributed by atoms with E-state index in [0.717, 1.165) is 18.7 Å². The fourth-order valence-corrected chi connectivity index (χ4v) is 2.12. The minimum Gasteiger partial charge on any atom is -0.465 e. The molecule has 0 atom stereocenters. The van der Waals surface area contributed by atoms with E-state index in [1.807, 2.05) is 24.3 Å². The van der Waals surface area contributed by atoms with Crippen LogP contribution in [0.25, 0.3) is 0 Å². The molecule has 0 N–H and O–H groups in total. The third kappa shape index (κ3) is 4.49. The van der Waals surface area contributed by atoms with Crippen LogP contribution >= 0.6 is 0 Å². The number of methoxy groups -OCH3 is 1. The van der Waals surface area contributed by atoms with Crippen molar-refractivity contribution in [2.75, 3.05) is 20.7 Å². The molecule has 1 aromatic rings. The Balaban J connectivity index is 2.81. The van der Waals surface area contributed by atoms with Crippen LogP contribution in [0.1, 0.15) is 36.7 Å². The maximum absolute atomic E-state index is 11.7. The summed E-state index contributed by atoms with van der Waals surface area (Å²) in [7, 11) is 3.48. The average Bonchev–Trinajstić information content (AvgIpc) is 2.26. The number of esters is 1. The van der Waals surface area contributed by atoms with Crippen LogP contribution in [0.4, 0.5) is 0 Å². The lowest BCUT2D eigenvalue weighted by molar-refractivity contribution is 0.0598. The van der Waals surface area contributed by atoms with Gasteiger partial charge in [0.1, 0.15) is 0 Å². The minimum absolute atomic E-state index is 0.245. The van der Waals surface area contributed by atoms with E-state index in [9.17, 15) is 4.79 Å². The van der Waals surface area contributed by atoms with Crippen LogP contribution < -0.4 is 0 Å². The molecule has 0 unspecified atom stereocenters. The summed E-state index contributed by atoms with van der Waals surface area (Å²) in [5.41, 5.74) is 1.91. The van der Waals surface area contributed by atoms with Gasteiger partial charge in [0.05, 0.1) is 12.7 Å². The van der Waals surface area contributed by atoms with Crippen molar-refractivity contribution in [3.05, 3.63) is 35.4 Å². The molecule has 3 nitrogen and oxygen atoms in total. The first-order valence-electron chi connectivity index (χ1n) is 6.18. The molecule has 0 aromatic heterocycles. The van der Waals surface area contributed by atoms with Gasteiger partial charge in [-0.2, -0.15) is 0 Å². The first-order valence-corrected chi connectivity index (χ1v) is 6.18. The second kappa shape index (κ2) is 6.01. The SMILES string of the molecule is COC(=O)c1ccccc1CN(C)CC(C)(C)C. The van der Waals surface area contributed by atoms with E-state index in [1.165, 1.54) is 7.11 Å². The molecule has 0 bridgehead atoms. The van der Waals surface area contributed by atoms with E-state index in [1.54, 1.807) is 0 Å². The highest BCUT2D eigenvalue weighted by molar-refractivity contribution is 5.90. The Morgan fingerprint density at radius 2 is 1.89 bits per heavy atom. The van der Waals surface area contributed by atoms with Crippen molar-refractivity contribution in [2.45, 2.75) is 27.3 Å². The van der Waals surface area contributed by atoms with Crippen molar-refractivity contribution in [1.29, 1.82) is 0 Å². The van der Waals surface area contributed by atoms with E-state index in [2.05, 4.69) is 32.7 Å². The van der Waals surface area contributed by atoms with Crippen LogP contribution in [0, 0.1) is 5.41 Å². The third-order valence-corrected chi connectivity index (χ3v) is 2.61. The number of carbonyl (C=O) groups excluding carboxylic acids is 1. The highest BCUT2D eigenvalue weighted by atomic mass is 16.5. The predicted octanol–water partition coefficient (Wildman–Crippen LogP) is 2.95. The van der Waals surface area contributed by atoms with Crippen LogP contribution in [-0.2, 0) is 11.3 Å². The zero-order valence-corrected chi connectivity index (χ0v) is 12.0. The standard InChI is InChI=1S/C15H23NO2/c1-15(2,3)11-16(4)10-12-8-6-7-9-13(12)14(17)18-5/h6-9H,10-11H2,1-5H3. The fraction of sp³-hybridized carbons (Fsp3) is 0.533. The Labute approximate surface area is 110 Å². The van der Waals surface area contributed by atoms with Crippen molar-refractivity contribution in [1.82, 2.24) is 4.90 Å². The molecule has 0 aliphatic carbocycles. The van der Waals surface area contributed by atoms with Crippen LogP contribution in [0.15, 0.2) is 24.3 Å². The van der Waals surface area contributed by atoms with Gasteiger partial charge in [-0.15, -0.1) is 0 Å². The van der Waals surface area contributed by atoms with Gasteiger partial charge < -0.3 is 9.64 Å². The van der Waals surface area contributed by atoms with Gasteiger partial charge in [0, 0.05) is 13.1 Å². The van der Waals surface area contributed by atoms with Crippen molar-refractivity contribution in [3.63, 3.8) is 0 Å². The first kappa shape index (κ1) is 14.7. The summed E-state index contributed by atoms with van der Waals surface area (Å²) < 4.78 is 4.80. The van der Waals surface area contributed by atoms with Crippen LogP contribution in [0.3, 0.4) is 0 Å². The number of hydrogen-bond acceptors (Lipinski definition) is 3. The lowest BCUT2D eigenvalue weighted by atomic mass is 9.96. The number of carbonyl (C=O) groups is 1. The molecule has 1 aromatic carbocycles. The predicted molar refractivity (Wildman–Crippen MR) is 73.6 cm³/mol. The zero-order valence-electron chi connectivity index (χ0n) is 12.0. The van der Waals surface area contributed by atoms with E-state index < -0.39 is 0 Å². The molecule has 18 heavy (non-hydrogen) atoms. The monoisotopic (exact) mass is 249 g/mol. The molecule has 100 valence electrons. The number of nitrogens with zero attached hydrogens (tertiary/aromatic N) is 1. The van der Waals surface area contributed by atoms with Crippen molar-refractivity contribution < 1.29 is 9.53 Å². The molecule has 3 heteroatoms. The molecule has 0 heterocycles. The van der Waals surface area contributed by atoms with Gasteiger partial charge in [0.15, 0.2) is 0 Å². The van der Waals surface area contributed by atoms with Crippen molar-refractivity contribution in [3.8, 4) is 0 Å². The molecule has 1 rings (SSSR count). The number of rotatable bonds is 4. The largest absolute Gasteiger partial charge is 0.465 e. The quantitative estimate of drug-likeness (QED) is 0.768. The number of ether oxygens (including phenoxy) is 1. The molecule has 0 saturated carbocycles. The van der Waals surface area contributed by atoms with Crippen LogP contribution in [0.2, 0.25) is 0 Å². The van der Waals surface area contributed by atoms with Gasteiger partial charge in [-0.3, -0.25) is 0 Å². The van der Waals surface area contributed by atoms with Gasteiger partial charge in [-0.1, -0.05) is 39.0 Å². The Kier molecular flexibility index (Phi) is 4.91. The Morgan fingerprint density at radius 3 is 2.44 bits per heavy atom. The summed E-state index contributed by atoms with van der Waals surface area (Å²) in [6, 6.07) is 7.60. The summed E-state index contributed by atoms with van der Waals surface area (Å²) in [6.45, 7) is 8.34. The lowest BCUT2D eigenvalue weighted by Gasteiger charge is -2.27. The van der Waals surface area contributed by atoms with Crippen LogP contribution in [0.5, 0.6) is 0 Å². The summed E-state index contributed by atoms with van der Waals surface area (Å²) in [4.78, 5) is 13.9. The molecule has 0 aliphatic heterocycles. The number of hydrogen-bond donors (Lipinski definition) is 0. The molecule has 0 fully saturated rings. The van der Waals surface area contributed by atoms with Gasteiger partial charge >= 0.3 is 5.97 Å². The van der Waals surface area contributed by atoms with Gasteiger partial charge in [0.2, 0.25) is 0 Å². The summed E-state index contributed by atoms with van der Waals surface area (Å²) in [6.07, 6.45) is 0. The van der Waals surface area contributed by atoms with E-state index >= 15 is 0 Å². The Bertz CT molecular complexity index is 407. The topological polar surface area (TPSA) is 29.5 Å². The highest BCUT2D eigenvalue weighted by Crippen LogP contribution is 2.17. The Morgan fingerprint density at radius 1 is 1.28 bits per heavy atom. The second-order valence-electron chi connectivity index (χ2n) is 5.88. The van der Waals surface area contributed by atoms with E-state index in [4.69, 9.17) is 4.74 Å². The lowest BCUT2D eigenvalue weighted by Crippen LogP contribution is -2.29. The summed E-state index contributed by atoms with van der Waals surface area (Å²) in [5.74, 6) is -0.269. The normalized spacial score (nSPS) is 11.7. The third-order valence-electron chi connectivity index (χ3n) is 2.61. The molecular formula is C15H23NO2. The van der Waals surface area contributed by atoms with Gasteiger partial charge in [-0.05, 0) is 24.1 Å². The van der Waals surface area contributed by atoms with Gasteiger partial charge in [0.25, 0.3) is 0 Å². The second-order valence-corrected chi connectivity index (χ2v) is 5.88. The van der Waals surface area contributed by atoms with Gasteiger partial charge in [-0.25, -0.2) is 4.79 Å². The van der Waals surface area contributed by atoms with Crippen molar-refractivity contribution in [2.24, 2.45) is 5.41 Å². The maximum atomic E-state index is 11.7.